The molecule has 0 amide bonds. The summed E-state index contributed by atoms with van der Waals surface area (Å²) in [7, 11) is 0. The fraction of sp³-hybridized carbons (Fsp3) is 0.684. The average molecular weight is 288 g/mol. The first kappa shape index (κ1) is 16.4. The Hall–Kier alpha value is -1.02. The van der Waals surface area contributed by atoms with E-state index in [2.05, 4.69) is 56.1 Å². The van der Waals surface area contributed by atoms with Crippen molar-refractivity contribution in [3.63, 3.8) is 0 Å². The van der Waals surface area contributed by atoms with Crippen LogP contribution in [-0.2, 0) is 6.54 Å². The number of nitrogens with zero attached hydrogens (tertiary/aromatic N) is 1. The number of nitrogens with one attached hydrogen (secondary N) is 1. The standard InChI is InChI=1S/C19H32N2/c1-5-16(6-2)14-21(7-3)19-11-8-15(4)12-17(19)13-20-18-9-10-18/h8,11-12,16,18,20H,5-7,9-10,13-14H2,1-4H3. The molecule has 0 heterocycles. The van der Waals surface area contributed by atoms with E-state index in [1.807, 2.05) is 0 Å². The maximum absolute atomic E-state index is 3.67. The second-order valence-corrected chi connectivity index (χ2v) is 6.51. The molecule has 2 heteroatoms. The van der Waals surface area contributed by atoms with Crippen LogP contribution in [0.5, 0.6) is 0 Å². The van der Waals surface area contributed by atoms with E-state index in [1.54, 1.807) is 0 Å². The predicted molar refractivity (Wildman–Crippen MR) is 93.0 cm³/mol. The normalized spacial score (nSPS) is 14.7. The monoisotopic (exact) mass is 288 g/mol. The minimum atomic E-state index is 0.771. The summed E-state index contributed by atoms with van der Waals surface area (Å²) in [5, 5.41) is 3.67. The Kier molecular flexibility index (Phi) is 6.10. The van der Waals surface area contributed by atoms with Crippen molar-refractivity contribution in [2.24, 2.45) is 5.92 Å². The van der Waals surface area contributed by atoms with Crippen LogP contribution in [-0.4, -0.2) is 19.1 Å². The molecule has 2 nitrogen and oxygen atoms in total. The Labute approximate surface area is 130 Å². The summed E-state index contributed by atoms with van der Waals surface area (Å²) < 4.78 is 0. The maximum Gasteiger partial charge on any atom is 0.0412 e. The Bertz CT molecular complexity index is 433. The minimum absolute atomic E-state index is 0.771. The van der Waals surface area contributed by atoms with Gasteiger partial charge in [-0.15, -0.1) is 0 Å². The predicted octanol–water partition coefficient (Wildman–Crippen LogP) is 4.51. The summed E-state index contributed by atoms with van der Waals surface area (Å²) in [6.07, 6.45) is 5.25. The smallest absolute Gasteiger partial charge is 0.0412 e. The number of rotatable bonds is 9. The molecule has 1 aliphatic carbocycles. The van der Waals surface area contributed by atoms with Gasteiger partial charge in [-0.05, 0) is 44.2 Å². The third-order valence-corrected chi connectivity index (χ3v) is 4.75. The maximum atomic E-state index is 3.67. The van der Waals surface area contributed by atoms with Gasteiger partial charge in [0.2, 0.25) is 0 Å². The molecule has 118 valence electrons. The minimum Gasteiger partial charge on any atom is -0.371 e. The second-order valence-electron chi connectivity index (χ2n) is 6.51. The quantitative estimate of drug-likeness (QED) is 0.719. The Morgan fingerprint density at radius 1 is 1.19 bits per heavy atom. The first-order valence-corrected chi connectivity index (χ1v) is 8.75. The summed E-state index contributed by atoms with van der Waals surface area (Å²) in [6, 6.07) is 7.71. The summed E-state index contributed by atoms with van der Waals surface area (Å²) in [5.41, 5.74) is 4.27. The van der Waals surface area contributed by atoms with Gasteiger partial charge in [0.15, 0.2) is 0 Å². The Morgan fingerprint density at radius 3 is 2.48 bits per heavy atom. The van der Waals surface area contributed by atoms with Crippen LogP contribution in [0.15, 0.2) is 18.2 Å². The van der Waals surface area contributed by atoms with Gasteiger partial charge in [0, 0.05) is 31.4 Å². The lowest BCUT2D eigenvalue weighted by atomic mass is 10.0. The van der Waals surface area contributed by atoms with Gasteiger partial charge in [0.25, 0.3) is 0 Å². The van der Waals surface area contributed by atoms with E-state index in [1.165, 1.54) is 49.0 Å². The van der Waals surface area contributed by atoms with Crippen LogP contribution < -0.4 is 10.2 Å². The largest absolute Gasteiger partial charge is 0.371 e. The lowest BCUT2D eigenvalue weighted by Gasteiger charge is -2.29. The van der Waals surface area contributed by atoms with Crippen molar-refractivity contribution in [2.45, 2.75) is 66.0 Å². The zero-order chi connectivity index (χ0) is 15.2. The third kappa shape index (κ3) is 4.74. The highest BCUT2D eigenvalue weighted by Gasteiger charge is 2.21. The molecule has 1 saturated carbocycles. The molecule has 1 aliphatic rings. The first-order valence-electron chi connectivity index (χ1n) is 8.75. The fourth-order valence-electron chi connectivity index (χ4n) is 2.96. The Balaban J connectivity index is 2.13. The van der Waals surface area contributed by atoms with Crippen LogP contribution in [0.1, 0.15) is 57.6 Å². The van der Waals surface area contributed by atoms with E-state index in [-0.39, 0.29) is 0 Å². The average Bonchev–Trinajstić information content (AvgIpc) is 3.32. The SMILES string of the molecule is CCC(CC)CN(CC)c1ccc(C)cc1CNC1CC1. The summed E-state index contributed by atoms with van der Waals surface area (Å²) >= 11 is 0. The molecule has 1 aromatic carbocycles. The van der Waals surface area contributed by atoms with Crippen molar-refractivity contribution in [2.75, 3.05) is 18.0 Å². The molecule has 1 N–H and O–H groups in total. The van der Waals surface area contributed by atoms with Gasteiger partial charge in [-0.3, -0.25) is 0 Å². The van der Waals surface area contributed by atoms with E-state index in [0.29, 0.717) is 0 Å². The molecule has 0 unspecified atom stereocenters. The number of aryl methyl sites for hydroxylation is 1. The van der Waals surface area contributed by atoms with Crippen molar-refractivity contribution in [1.82, 2.24) is 5.32 Å². The van der Waals surface area contributed by atoms with Gasteiger partial charge < -0.3 is 10.2 Å². The third-order valence-electron chi connectivity index (χ3n) is 4.75. The molecule has 0 spiro atoms. The second kappa shape index (κ2) is 7.84. The summed E-state index contributed by atoms with van der Waals surface area (Å²) in [5.74, 6) is 0.801. The molecule has 1 fully saturated rings. The highest BCUT2D eigenvalue weighted by Crippen LogP contribution is 2.26. The summed E-state index contributed by atoms with van der Waals surface area (Å²) in [4.78, 5) is 2.57. The zero-order valence-electron chi connectivity index (χ0n) is 14.3. The number of anilines is 1. The summed E-state index contributed by atoms with van der Waals surface area (Å²) in [6.45, 7) is 12.4. The molecule has 21 heavy (non-hydrogen) atoms. The van der Waals surface area contributed by atoms with Gasteiger partial charge in [0.1, 0.15) is 0 Å². The van der Waals surface area contributed by atoms with Gasteiger partial charge >= 0.3 is 0 Å². The lowest BCUT2D eigenvalue weighted by molar-refractivity contribution is 0.485. The lowest BCUT2D eigenvalue weighted by Crippen LogP contribution is -2.30. The molecular weight excluding hydrogens is 256 g/mol. The van der Waals surface area contributed by atoms with Gasteiger partial charge in [0.05, 0.1) is 0 Å². The molecular formula is C19H32N2. The van der Waals surface area contributed by atoms with Crippen LogP contribution in [0.4, 0.5) is 5.69 Å². The van der Waals surface area contributed by atoms with Crippen molar-refractivity contribution in [3.8, 4) is 0 Å². The molecule has 2 rings (SSSR count). The van der Waals surface area contributed by atoms with E-state index in [9.17, 15) is 0 Å². The topological polar surface area (TPSA) is 15.3 Å². The number of hydrogen-bond donors (Lipinski definition) is 1. The molecule has 0 aliphatic heterocycles. The highest BCUT2D eigenvalue weighted by atomic mass is 15.1. The van der Waals surface area contributed by atoms with Crippen molar-refractivity contribution in [1.29, 1.82) is 0 Å². The van der Waals surface area contributed by atoms with Gasteiger partial charge in [-0.2, -0.15) is 0 Å². The van der Waals surface area contributed by atoms with Crippen molar-refractivity contribution < 1.29 is 0 Å². The van der Waals surface area contributed by atoms with Gasteiger partial charge in [-0.1, -0.05) is 44.4 Å². The Morgan fingerprint density at radius 2 is 1.90 bits per heavy atom. The molecule has 0 radical (unpaired) electrons. The molecule has 0 aromatic heterocycles. The van der Waals surface area contributed by atoms with E-state index in [0.717, 1.165) is 25.0 Å². The molecule has 1 aromatic rings. The van der Waals surface area contributed by atoms with Crippen LogP contribution in [0.25, 0.3) is 0 Å². The van der Waals surface area contributed by atoms with Gasteiger partial charge in [-0.25, -0.2) is 0 Å². The van der Waals surface area contributed by atoms with Crippen LogP contribution in [0, 0.1) is 12.8 Å². The fourth-order valence-corrected chi connectivity index (χ4v) is 2.96. The van der Waals surface area contributed by atoms with Crippen molar-refractivity contribution in [3.05, 3.63) is 29.3 Å². The first-order chi connectivity index (χ1) is 10.2. The van der Waals surface area contributed by atoms with E-state index in [4.69, 9.17) is 0 Å². The van der Waals surface area contributed by atoms with Crippen LogP contribution in [0.2, 0.25) is 0 Å². The number of benzene rings is 1. The molecule has 0 atom stereocenters. The van der Waals surface area contributed by atoms with Crippen LogP contribution in [0.3, 0.4) is 0 Å². The van der Waals surface area contributed by atoms with Crippen LogP contribution >= 0.6 is 0 Å². The number of hydrogen-bond acceptors (Lipinski definition) is 2. The highest BCUT2D eigenvalue weighted by molar-refractivity contribution is 5.55. The van der Waals surface area contributed by atoms with E-state index < -0.39 is 0 Å². The van der Waals surface area contributed by atoms with Crippen molar-refractivity contribution >= 4 is 5.69 Å². The molecule has 0 saturated heterocycles. The molecule has 0 bridgehead atoms. The zero-order valence-corrected chi connectivity index (χ0v) is 14.3. The van der Waals surface area contributed by atoms with E-state index >= 15 is 0 Å².